The van der Waals surface area contributed by atoms with Crippen LogP contribution in [0, 0.1) is 0 Å². The molecule has 2 aromatic rings. The van der Waals surface area contributed by atoms with Crippen LogP contribution < -0.4 is 11.1 Å². The van der Waals surface area contributed by atoms with Gasteiger partial charge in [0.15, 0.2) is 5.96 Å². The Balaban J connectivity index is 0.00000242. The van der Waals surface area contributed by atoms with Gasteiger partial charge in [0.1, 0.15) is 0 Å². The quantitative estimate of drug-likeness (QED) is 0.462. The first-order valence-electron chi connectivity index (χ1n) is 7.01. The highest BCUT2D eigenvalue weighted by Crippen LogP contribution is 2.22. The van der Waals surface area contributed by atoms with E-state index in [-0.39, 0.29) is 29.5 Å². The van der Waals surface area contributed by atoms with Gasteiger partial charge in [-0.2, -0.15) is 5.10 Å². The Hall–Kier alpha value is -1.57. The Morgan fingerprint density at radius 3 is 2.50 bits per heavy atom. The first-order chi connectivity index (χ1) is 9.85. The summed E-state index contributed by atoms with van der Waals surface area (Å²) in [6, 6.07) is 10.1. The zero-order valence-corrected chi connectivity index (χ0v) is 15.8. The summed E-state index contributed by atoms with van der Waals surface area (Å²) in [7, 11) is 1.91. The van der Waals surface area contributed by atoms with E-state index in [0.717, 1.165) is 16.8 Å². The summed E-state index contributed by atoms with van der Waals surface area (Å²) in [5, 5.41) is 7.68. The first kappa shape index (κ1) is 18.5. The summed E-state index contributed by atoms with van der Waals surface area (Å²) in [5.41, 5.74) is 8.92. The molecule has 1 aromatic carbocycles. The largest absolute Gasteiger partial charge is 0.370 e. The topological polar surface area (TPSA) is 68.2 Å². The van der Waals surface area contributed by atoms with Gasteiger partial charge in [-0.15, -0.1) is 24.0 Å². The summed E-state index contributed by atoms with van der Waals surface area (Å²) in [4.78, 5) is 4.41. The highest BCUT2D eigenvalue weighted by atomic mass is 127. The SMILES string of the molecule is Cn1cc(CN=C(N)NC(C)(C)C)c(-c2ccccc2)n1.I. The molecule has 1 heterocycles. The predicted molar refractivity (Wildman–Crippen MR) is 102 cm³/mol. The number of aromatic nitrogens is 2. The van der Waals surface area contributed by atoms with E-state index in [9.17, 15) is 0 Å². The van der Waals surface area contributed by atoms with Crippen molar-refractivity contribution in [3.8, 4) is 11.3 Å². The number of guanidine groups is 1. The predicted octanol–water partition coefficient (Wildman–Crippen LogP) is 2.91. The van der Waals surface area contributed by atoms with Gasteiger partial charge in [0.05, 0.1) is 12.2 Å². The highest BCUT2D eigenvalue weighted by molar-refractivity contribution is 14.0. The van der Waals surface area contributed by atoms with Crippen molar-refractivity contribution in [2.45, 2.75) is 32.9 Å². The minimum Gasteiger partial charge on any atom is -0.370 e. The van der Waals surface area contributed by atoms with Crippen molar-refractivity contribution in [2.75, 3.05) is 0 Å². The van der Waals surface area contributed by atoms with Gasteiger partial charge in [0.2, 0.25) is 0 Å². The smallest absolute Gasteiger partial charge is 0.189 e. The number of nitrogens with one attached hydrogen (secondary N) is 1. The van der Waals surface area contributed by atoms with Gasteiger partial charge in [0, 0.05) is 29.9 Å². The number of nitrogens with zero attached hydrogens (tertiary/aromatic N) is 3. The molecule has 3 N–H and O–H groups in total. The molecule has 2 rings (SSSR count). The molecular weight excluding hydrogens is 389 g/mol. The molecular formula is C16H24IN5. The molecule has 1 aromatic heterocycles. The standard InChI is InChI=1S/C16H23N5.HI/c1-16(2,3)19-15(17)18-10-13-11-21(4)20-14(13)12-8-6-5-7-9-12;/h5-9,11H,10H2,1-4H3,(H3,17,18,19);1H. The van der Waals surface area contributed by atoms with Crippen LogP contribution >= 0.6 is 24.0 Å². The number of nitrogens with two attached hydrogens (primary N) is 1. The van der Waals surface area contributed by atoms with Crippen LogP contribution in [0.15, 0.2) is 41.5 Å². The third kappa shape index (κ3) is 5.32. The lowest BCUT2D eigenvalue weighted by molar-refractivity contribution is 0.508. The lowest BCUT2D eigenvalue weighted by Crippen LogP contribution is -2.44. The van der Waals surface area contributed by atoms with E-state index >= 15 is 0 Å². The van der Waals surface area contributed by atoms with E-state index in [1.807, 2.05) is 43.6 Å². The van der Waals surface area contributed by atoms with Crippen LogP contribution in [0.5, 0.6) is 0 Å². The van der Waals surface area contributed by atoms with Crippen LogP contribution in [-0.4, -0.2) is 21.3 Å². The van der Waals surface area contributed by atoms with Crippen LogP contribution in [0.3, 0.4) is 0 Å². The third-order valence-electron chi connectivity index (χ3n) is 2.87. The number of hydrogen-bond donors (Lipinski definition) is 2. The summed E-state index contributed by atoms with van der Waals surface area (Å²) < 4.78 is 1.81. The minimum absolute atomic E-state index is 0. The van der Waals surface area contributed by atoms with Crippen molar-refractivity contribution in [1.82, 2.24) is 15.1 Å². The number of aliphatic imine (C=N–C) groups is 1. The van der Waals surface area contributed by atoms with Crippen molar-refractivity contribution < 1.29 is 0 Å². The van der Waals surface area contributed by atoms with E-state index in [1.54, 1.807) is 4.68 Å². The molecule has 0 saturated carbocycles. The first-order valence-corrected chi connectivity index (χ1v) is 7.01. The van der Waals surface area contributed by atoms with Crippen molar-refractivity contribution in [1.29, 1.82) is 0 Å². The van der Waals surface area contributed by atoms with Gasteiger partial charge in [-0.3, -0.25) is 4.68 Å². The maximum atomic E-state index is 5.91. The zero-order valence-electron chi connectivity index (χ0n) is 13.5. The molecule has 6 heteroatoms. The van der Waals surface area contributed by atoms with Crippen LogP contribution in [0.2, 0.25) is 0 Å². The molecule has 0 fully saturated rings. The fraction of sp³-hybridized carbons (Fsp3) is 0.375. The van der Waals surface area contributed by atoms with E-state index in [2.05, 4.69) is 36.2 Å². The number of hydrogen-bond acceptors (Lipinski definition) is 2. The molecule has 0 aliphatic carbocycles. The van der Waals surface area contributed by atoms with E-state index in [1.165, 1.54) is 0 Å². The molecule has 5 nitrogen and oxygen atoms in total. The molecule has 0 radical (unpaired) electrons. The molecule has 120 valence electrons. The van der Waals surface area contributed by atoms with E-state index in [0.29, 0.717) is 12.5 Å². The number of aryl methyl sites for hydroxylation is 1. The molecule has 22 heavy (non-hydrogen) atoms. The normalized spacial score (nSPS) is 11.9. The lowest BCUT2D eigenvalue weighted by atomic mass is 10.1. The van der Waals surface area contributed by atoms with E-state index < -0.39 is 0 Å². The molecule has 0 aliphatic heterocycles. The molecule has 0 aliphatic rings. The molecule has 0 amide bonds. The fourth-order valence-corrected chi connectivity index (χ4v) is 2.09. The second-order valence-corrected chi connectivity index (χ2v) is 6.12. The van der Waals surface area contributed by atoms with Crippen molar-refractivity contribution in [3.05, 3.63) is 42.1 Å². The maximum Gasteiger partial charge on any atom is 0.189 e. The summed E-state index contributed by atoms with van der Waals surface area (Å²) in [5.74, 6) is 0.449. The van der Waals surface area contributed by atoms with Crippen LogP contribution in [-0.2, 0) is 13.6 Å². The van der Waals surface area contributed by atoms with Crippen LogP contribution in [0.25, 0.3) is 11.3 Å². The van der Waals surface area contributed by atoms with Crippen LogP contribution in [0.4, 0.5) is 0 Å². The van der Waals surface area contributed by atoms with Gasteiger partial charge in [-0.05, 0) is 20.8 Å². The fourth-order valence-electron chi connectivity index (χ4n) is 2.09. The van der Waals surface area contributed by atoms with E-state index in [4.69, 9.17) is 5.73 Å². The van der Waals surface area contributed by atoms with Crippen molar-refractivity contribution >= 4 is 29.9 Å². The number of halogens is 1. The Labute approximate surface area is 149 Å². The Bertz CT molecular complexity index is 626. The lowest BCUT2D eigenvalue weighted by Gasteiger charge is -2.20. The third-order valence-corrected chi connectivity index (χ3v) is 2.87. The van der Waals surface area contributed by atoms with Crippen molar-refractivity contribution in [2.24, 2.45) is 17.8 Å². The second kappa shape index (κ2) is 7.62. The Morgan fingerprint density at radius 1 is 1.27 bits per heavy atom. The van der Waals surface area contributed by atoms with Gasteiger partial charge >= 0.3 is 0 Å². The van der Waals surface area contributed by atoms with Gasteiger partial charge < -0.3 is 11.1 Å². The Morgan fingerprint density at radius 2 is 1.91 bits per heavy atom. The average Bonchev–Trinajstić information content (AvgIpc) is 2.77. The van der Waals surface area contributed by atoms with Crippen molar-refractivity contribution in [3.63, 3.8) is 0 Å². The Kier molecular flexibility index (Phi) is 6.40. The average molecular weight is 413 g/mol. The summed E-state index contributed by atoms with van der Waals surface area (Å²) in [6.45, 7) is 6.66. The number of rotatable bonds is 3. The number of benzene rings is 1. The van der Waals surface area contributed by atoms with Gasteiger partial charge in [0.25, 0.3) is 0 Å². The zero-order chi connectivity index (χ0) is 15.5. The summed E-state index contributed by atoms with van der Waals surface area (Å²) in [6.07, 6.45) is 1.98. The molecule has 0 spiro atoms. The molecule has 0 saturated heterocycles. The molecule has 0 bridgehead atoms. The summed E-state index contributed by atoms with van der Waals surface area (Å²) >= 11 is 0. The maximum absolute atomic E-state index is 5.91. The monoisotopic (exact) mass is 413 g/mol. The minimum atomic E-state index is -0.0925. The van der Waals surface area contributed by atoms with Gasteiger partial charge in [-0.1, -0.05) is 30.3 Å². The molecule has 0 atom stereocenters. The molecule has 0 unspecified atom stereocenters. The van der Waals surface area contributed by atoms with Gasteiger partial charge in [-0.25, -0.2) is 4.99 Å². The second-order valence-electron chi connectivity index (χ2n) is 6.12. The highest BCUT2D eigenvalue weighted by Gasteiger charge is 2.12. The van der Waals surface area contributed by atoms with Crippen LogP contribution in [0.1, 0.15) is 26.3 Å².